The molecule has 0 spiro atoms. The monoisotopic (exact) mass is 322 g/mol. The van der Waals surface area contributed by atoms with Crippen molar-refractivity contribution in [1.82, 2.24) is 0 Å². The number of carbonyl (C=O) groups excluding carboxylic acids is 1. The molecule has 18 heavy (non-hydrogen) atoms. The number of carbonyl (C=O) groups is 1. The zero-order valence-corrected chi connectivity index (χ0v) is 12.5. The minimum absolute atomic E-state index is 0.0394. The van der Waals surface area contributed by atoms with Gasteiger partial charge in [-0.25, -0.2) is 0 Å². The van der Waals surface area contributed by atoms with E-state index in [0.29, 0.717) is 16.1 Å². The van der Waals surface area contributed by atoms with E-state index in [1.54, 1.807) is 12.1 Å². The van der Waals surface area contributed by atoms with Gasteiger partial charge in [0.2, 0.25) is 0 Å². The molecule has 2 rings (SSSR count). The topological polar surface area (TPSA) is 17.1 Å². The summed E-state index contributed by atoms with van der Waals surface area (Å²) in [6, 6.07) is 11.1. The largest absolute Gasteiger partial charge is 0.289 e. The Hall–Kier alpha value is -1.12. The Kier molecular flexibility index (Phi) is 3.88. The Labute approximate surface area is 120 Å². The number of hydrogen-bond acceptors (Lipinski definition) is 1. The molecule has 0 unspecified atom stereocenters. The van der Waals surface area contributed by atoms with Crippen LogP contribution in [-0.2, 0) is 0 Å². The fourth-order valence-corrected chi connectivity index (χ4v) is 2.36. The van der Waals surface area contributed by atoms with Crippen LogP contribution in [0.15, 0.2) is 40.9 Å². The molecule has 0 bridgehead atoms. The van der Waals surface area contributed by atoms with E-state index in [9.17, 15) is 4.79 Å². The van der Waals surface area contributed by atoms with Crippen LogP contribution in [0.4, 0.5) is 0 Å². The Morgan fingerprint density at radius 2 is 1.78 bits per heavy atom. The summed E-state index contributed by atoms with van der Waals surface area (Å²) in [4.78, 5) is 12.5. The van der Waals surface area contributed by atoms with Crippen LogP contribution in [0.25, 0.3) is 0 Å². The van der Waals surface area contributed by atoms with Crippen molar-refractivity contribution in [2.75, 3.05) is 0 Å². The molecule has 0 aliphatic carbocycles. The molecule has 2 aromatic carbocycles. The van der Waals surface area contributed by atoms with Gasteiger partial charge in [0.05, 0.1) is 5.02 Å². The normalized spacial score (nSPS) is 10.4. The minimum Gasteiger partial charge on any atom is -0.289 e. The molecule has 3 heteroatoms. The third kappa shape index (κ3) is 2.65. The predicted molar refractivity (Wildman–Crippen MR) is 78.5 cm³/mol. The van der Waals surface area contributed by atoms with E-state index in [2.05, 4.69) is 15.9 Å². The van der Waals surface area contributed by atoms with Crippen LogP contribution >= 0.6 is 27.5 Å². The second-order valence-electron chi connectivity index (χ2n) is 4.27. The molecule has 0 amide bonds. The van der Waals surface area contributed by atoms with Gasteiger partial charge in [0.1, 0.15) is 0 Å². The lowest BCUT2D eigenvalue weighted by Crippen LogP contribution is -2.05. The summed E-state index contributed by atoms with van der Waals surface area (Å²) in [6.45, 7) is 3.90. The lowest BCUT2D eigenvalue weighted by molar-refractivity contribution is 0.103. The van der Waals surface area contributed by atoms with Gasteiger partial charge in [-0.05, 0) is 43.7 Å². The van der Waals surface area contributed by atoms with Crippen LogP contribution in [0.3, 0.4) is 0 Å². The molecular formula is C15H12BrClO. The summed E-state index contributed by atoms with van der Waals surface area (Å²) < 4.78 is 0.848. The first-order valence-electron chi connectivity index (χ1n) is 5.56. The summed E-state index contributed by atoms with van der Waals surface area (Å²) >= 11 is 9.45. The second kappa shape index (κ2) is 5.25. The molecule has 0 fully saturated rings. The van der Waals surface area contributed by atoms with Gasteiger partial charge in [-0.1, -0.05) is 45.2 Å². The maximum absolute atomic E-state index is 12.5. The summed E-state index contributed by atoms with van der Waals surface area (Å²) in [7, 11) is 0. The fourth-order valence-electron chi connectivity index (χ4n) is 1.80. The summed E-state index contributed by atoms with van der Waals surface area (Å²) in [5.41, 5.74) is 3.26. The molecule has 92 valence electrons. The molecule has 0 radical (unpaired) electrons. The van der Waals surface area contributed by atoms with E-state index in [-0.39, 0.29) is 5.78 Å². The number of aryl methyl sites for hydroxylation is 2. The van der Waals surface area contributed by atoms with Crippen molar-refractivity contribution in [3.8, 4) is 0 Å². The van der Waals surface area contributed by atoms with E-state index in [4.69, 9.17) is 11.6 Å². The highest BCUT2D eigenvalue weighted by atomic mass is 79.9. The summed E-state index contributed by atoms with van der Waals surface area (Å²) in [5.74, 6) is -0.0394. The van der Waals surface area contributed by atoms with Gasteiger partial charge in [0, 0.05) is 15.6 Å². The minimum atomic E-state index is -0.0394. The Balaban J connectivity index is 2.54. The van der Waals surface area contributed by atoms with Gasteiger partial charge in [0.15, 0.2) is 5.78 Å². The van der Waals surface area contributed by atoms with Crippen LogP contribution in [0, 0.1) is 13.8 Å². The van der Waals surface area contributed by atoms with E-state index >= 15 is 0 Å². The number of ketones is 1. The van der Waals surface area contributed by atoms with Crippen LogP contribution < -0.4 is 0 Å². The molecule has 0 aliphatic heterocycles. The van der Waals surface area contributed by atoms with Crippen molar-refractivity contribution in [2.45, 2.75) is 13.8 Å². The van der Waals surface area contributed by atoms with E-state index < -0.39 is 0 Å². The average molecular weight is 324 g/mol. The van der Waals surface area contributed by atoms with Gasteiger partial charge in [-0.15, -0.1) is 0 Å². The number of benzene rings is 2. The smallest absolute Gasteiger partial charge is 0.194 e. The first kappa shape index (κ1) is 13.3. The van der Waals surface area contributed by atoms with Crippen molar-refractivity contribution in [3.05, 3.63) is 68.1 Å². The van der Waals surface area contributed by atoms with E-state index in [1.807, 2.05) is 38.1 Å². The van der Waals surface area contributed by atoms with Gasteiger partial charge in [-0.2, -0.15) is 0 Å². The SMILES string of the molecule is Cc1ccc(C)c(C(=O)c2cc(Br)ccc2Cl)c1. The van der Waals surface area contributed by atoms with Crippen LogP contribution in [-0.4, -0.2) is 5.78 Å². The molecule has 0 aliphatic rings. The summed E-state index contributed by atoms with van der Waals surface area (Å²) in [6.07, 6.45) is 0. The van der Waals surface area contributed by atoms with Crippen molar-refractivity contribution in [1.29, 1.82) is 0 Å². The van der Waals surface area contributed by atoms with Gasteiger partial charge in [-0.3, -0.25) is 4.79 Å². The first-order chi connectivity index (χ1) is 8.49. The van der Waals surface area contributed by atoms with Gasteiger partial charge < -0.3 is 0 Å². The summed E-state index contributed by atoms with van der Waals surface area (Å²) in [5, 5.41) is 0.476. The molecule has 2 aromatic rings. The molecule has 0 atom stereocenters. The van der Waals surface area contributed by atoms with Crippen LogP contribution in [0.5, 0.6) is 0 Å². The molecule has 0 saturated carbocycles. The zero-order valence-electron chi connectivity index (χ0n) is 10.1. The predicted octanol–water partition coefficient (Wildman–Crippen LogP) is 4.95. The zero-order chi connectivity index (χ0) is 13.3. The third-order valence-electron chi connectivity index (χ3n) is 2.81. The van der Waals surface area contributed by atoms with Crippen molar-refractivity contribution < 1.29 is 4.79 Å². The first-order valence-corrected chi connectivity index (χ1v) is 6.73. The average Bonchev–Trinajstić information content (AvgIpc) is 2.34. The Morgan fingerprint density at radius 1 is 1.06 bits per heavy atom. The lowest BCUT2D eigenvalue weighted by atomic mass is 9.97. The van der Waals surface area contributed by atoms with E-state index in [0.717, 1.165) is 15.6 Å². The highest BCUT2D eigenvalue weighted by molar-refractivity contribution is 9.10. The lowest BCUT2D eigenvalue weighted by Gasteiger charge is -2.08. The molecule has 0 saturated heterocycles. The molecule has 1 nitrogen and oxygen atoms in total. The number of rotatable bonds is 2. The molecule has 0 heterocycles. The van der Waals surface area contributed by atoms with Crippen LogP contribution in [0.2, 0.25) is 5.02 Å². The van der Waals surface area contributed by atoms with Crippen LogP contribution in [0.1, 0.15) is 27.0 Å². The fraction of sp³-hybridized carbons (Fsp3) is 0.133. The highest BCUT2D eigenvalue weighted by Gasteiger charge is 2.15. The Morgan fingerprint density at radius 3 is 2.50 bits per heavy atom. The highest BCUT2D eigenvalue weighted by Crippen LogP contribution is 2.25. The Bertz CT molecular complexity index is 566. The van der Waals surface area contributed by atoms with Gasteiger partial charge in [0.25, 0.3) is 0 Å². The number of halogens is 2. The molecule has 0 aromatic heterocycles. The van der Waals surface area contributed by atoms with Crippen molar-refractivity contribution in [3.63, 3.8) is 0 Å². The third-order valence-corrected chi connectivity index (χ3v) is 3.63. The van der Waals surface area contributed by atoms with E-state index in [1.165, 1.54) is 0 Å². The quantitative estimate of drug-likeness (QED) is 0.715. The molecule has 0 N–H and O–H groups in total. The van der Waals surface area contributed by atoms with Crippen molar-refractivity contribution in [2.24, 2.45) is 0 Å². The maximum Gasteiger partial charge on any atom is 0.194 e. The second-order valence-corrected chi connectivity index (χ2v) is 5.59. The maximum atomic E-state index is 12.5. The standard InChI is InChI=1S/C15H12BrClO/c1-9-3-4-10(2)12(7-9)15(18)13-8-11(16)5-6-14(13)17/h3-8H,1-2H3. The van der Waals surface area contributed by atoms with Gasteiger partial charge >= 0.3 is 0 Å². The number of hydrogen-bond donors (Lipinski definition) is 0. The molecular weight excluding hydrogens is 312 g/mol. The van der Waals surface area contributed by atoms with Crippen molar-refractivity contribution >= 4 is 33.3 Å².